The zero-order valence-electron chi connectivity index (χ0n) is 12.4. The van der Waals surface area contributed by atoms with E-state index in [1.54, 1.807) is 0 Å². The lowest BCUT2D eigenvalue weighted by molar-refractivity contribution is 0.411. The van der Waals surface area contributed by atoms with Crippen LogP contribution < -0.4 is 10.2 Å². The van der Waals surface area contributed by atoms with Gasteiger partial charge in [0.25, 0.3) is 0 Å². The summed E-state index contributed by atoms with van der Waals surface area (Å²) in [7, 11) is 2.04. The molecule has 5 nitrogen and oxygen atoms in total. The van der Waals surface area contributed by atoms with Gasteiger partial charge in [0.1, 0.15) is 0 Å². The van der Waals surface area contributed by atoms with E-state index in [-0.39, 0.29) is 6.04 Å². The fourth-order valence-corrected chi connectivity index (χ4v) is 2.66. The Morgan fingerprint density at radius 2 is 2.11 bits per heavy atom. The van der Waals surface area contributed by atoms with Crippen molar-refractivity contribution in [3.8, 4) is 0 Å². The largest absolute Gasteiger partial charge is 0.406 e. The second-order valence-electron chi connectivity index (χ2n) is 5.63. The van der Waals surface area contributed by atoms with Crippen LogP contribution >= 0.6 is 0 Å². The predicted octanol–water partition coefficient (Wildman–Crippen LogP) is 2.76. The molecule has 1 unspecified atom stereocenters. The van der Waals surface area contributed by atoms with Crippen LogP contribution in [0.1, 0.15) is 57.9 Å². The first-order chi connectivity index (χ1) is 9.20. The van der Waals surface area contributed by atoms with E-state index in [4.69, 9.17) is 4.42 Å². The molecule has 1 aliphatic rings. The molecular weight excluding hydrogens is 240 g/mol. The summed E-state index contributed by atoms with van der Waals surface area (Å²) in [5, 5.41) is 11.7. The fraction of sp³-hybridized carbons (Fsp3) is 0.857. The Bertz CT molecular complexity index is 373. The fourth-order valence-electron chi connectivity index (χ4n) is 2.66. The summed E-state index contributed by atoms with van der Waals surface area (Å²) in [6.07, 6.45) is 6.50. The number of anilines is 1. The molecule has 0 aromatic carbocycles. The third-order valence-electron chi connectivity index (χ3n) is 3.83. The topological polar surface area (TPSA) is 54.2 Å². The minimum absolute atomic E-state index is 0.126. The summed E-state index contributed by atoms with van der Waals surface area (Å²) < 4.78 is 5.76. The van der Waals surface area contributed by atoms with Crippen LogP contribution in [0.4, 0.5) is 6.01 Å². The Balaban J connectivity index is 1.88. The monoisotopic (exact) mass is 266 g/mol. The van der Waals surface area contributed by atoms with Crippen LogP contribution in [0.3, 0.4) is 0 Å². The molecule has 0 amide bonds. The average molecular weight is 266 g/mol. The second kappa shape index (κ2) is 6.89. The molecular formula is C14H26N4O. The van der Waals surface area contributed by atoms with Gasteiger partial charge < -0.3 is 14.6 Å². The smallest absolute Gasteiger partial charge is 0.317 e. The van der Waals surface area contributed by atoms with E-state index < -0.39 is 0 Å². The van der Waals surface area contributed by atoms with Gasteiger partial charge in [-0.2, -0.15) is 0 Å². The van der Waals surface area contributed by atoms with E-state index in [0.29, 0.717) is 11.9 Å². The van der Waals surface area contributed by atoms with E-state index in [0.717, 1.165) is 25.4 Å². The van der Waals surface area contributed by atoms with Crippen LogP contribution in [-0.2, 0) is 0 Å². The highest BCUT2D eigenvalue weighted by molar-refractivity contribution is 5.22. The highest BCUT2D eigenvalue weighted by Crippen LogP contribution is 2.26. The first-order valence-corrected chi connectivity index (χ1v) is 7.48. The minimum atomic E-state index is 0.126. The Hall–Kier alpha value is -1.10. The normalized spacial score (nSPS) is 17.8. The van der Waals surface area contributed by atoms with Crippen molar-refractivity contribution in [2.75, 3.05) is 25.0 Å². The van der Waals surface area contributed by atoms with Crippen molar-refractivity contribution in [3.05, 3.63) is 5.89 Å². The molecule has 0 aliphatic heterocycles. The van der Waals surface area contributed by atoms with Gasteiger partial charge in [0.15, 0.2) is 0 Å². The number of rotatable bonds is 7. The summed E-state index contributed by atoms with van der Waals surface area (Å²) in [6, 6.07) is 0.771. The highest BCUT2D eigenvalue weighted by Gasteiger charge is 2.20. The first kappa shape index (κ1) is 14.3. The first-order valence-electron chi connectivity index (χ1n) is 7.48. The maximum Gasteiger partial charge on any atom is 0.317 e. The van der Waals surface area contributed by atoms with Crippen molar-refractivity contribution in [1.29, 1.82) is 0 Å². The number of nitrogens with one attached hydrogen (secondary N) is 1. The SMILES string of the molecule is CCCNC(C)c1nnc(N(C)CC2CCCC2)o1. The maximum absolute atomic E-state index is 5.76. The lowest BCUT2D eigenvalue weighted by atomic mass is 10.1. The third kappa shape index (κ3) is 3.93. The molecule has 1 atom stereocenters. The number of hydrogen-bond donors (Lipinski definition) is 1. The predicted molar refractivity (Wildman–Crippen MR) is 76.2 cm³/mol. The Labute approximate surface area is 115 Å². The Morgan fingerprint density at radius 3 is 2.79 bits per heavy atom. The van der Waals surface area contributed by atoms with Gasteiger partial charge in [-0.05, 0) is 38.6 Å². The Morgan fingerprint density at radius 1 is 1.37 bits per heavy atom. The van der Waals surface area contributed by atoms with Gasteiger partial charge >= 0.3 is 6.01 Å². The molecule has 1 aromatic heterocycles. The lowest BCUT2D eigenvalue weighted by Gasteiger charge is -2.18. The van der Waals surface area contributed by atoms with Crippen molar-refractivity contribution in [2.45, 2.75) is 52.0 Å². The maximum atomic E-state index is 5.76. The van der Waals surface area contributed by atoms with Gasteiger partial charge in [-0.25, -0.2) is 0 Å². The van der Waals surface area contributed by atoms with Crippen LogP contribution in [0.25, 0.3) is 0 Å². The van der Waals surface area contributed by atoms with Crippen LogP contribution in [0.5, 0.6) is 0 Å². The van der Waals surface area contributed by atoms with E-state index >= 15 is 0 Å². The molecule has 1 N–H and O–H groups in total. The standard InChI is InChI=1S/C14H26N4O/c1-4-9-15-11(2)13-16-17-14(19-13)18(3)10-12-7-5-6-8-12/h11-12,15H,4-10H2,1-3H3. The molecule has 108 valence electrons. The summed E-state index contributed by atoms with van der Waals surface area (Å²) in [5.41, 5.74) is 0. The van der Waals surface area contributed by atoms with Crippen LogP contribution in [0.15, 0.2) is 4.42 Å². The lowest BCUT2D eigenvalue weighted by Crippen LogP contribution is -2.24. The molecule has 1 aromatic rings. The summed E-state index contributed by atoms with van der Waals surface area (Å²) in [4.78, 5) is 2.10. The molecule has 1 heterocycles. The number of hydrogen-bond acceptors (Lipinski definition) is 5. The molecule has 0 bridgehead atoms. The van der Waals surface area contributed by atoms with Gasteiger partial charge in [-0.15, -0.1) is 5.10 Å². The van der Waals surface area contributed by atoms with Gasteiger partial charge in [0, 0.05) is 13.6 Å². The molecule has 2 rings (SSSR count). The van der Waals surface area contributed by atoms with Gasteiger partial charge in [0.2, 0.25) is 5.89 Å². The van der Waals surface area contributed by atoms with Crippen molar-refractivity contribution in [2.24, 2.45) is 5.92 Å². The summed E-state index contributed by atoms with van der Waals surface area (Å²) in [5.74, 6) is 1.47. The molecule has 0 spiro atoms. The highest BCUT2D eigenvalue weighted by atomic mass is 16.4. The van der Waals surface area contributed by atoms with E-state index in [1.807, 2.05) is 7.05 Å². The van der Waals surface area contributed by atoms with Crippen molar-refractivity contribution in [1.82, 2.24) is 15.5 Å². The number of nitrogens with zero attached hydrogens (tertiary/aromatic N) is 3. The van der Waals surface area contributed by atoms with Crippen molar-refractivity contribution >= 4 is 6.01 Å². The van der Waals surface area contributed by atoms with E-state index in [2.05, 4.69) is 34.3 Å². The zero-order chi connectivity index (χ0) is 13.7. The van der Waals surface area contributed by atoms with Gasteiger partial charge in [-0.1, -0.05) is 24.9 Å². The van der Waals surface area contributed by atoms with Gasteiger partial charge in [0.05, 0.1) is 6.04 Å². The molecule has 19 heavy (non-hydrogen) atoms. The number of aromatic nitrogens is 2. The zero-order valence-corrected chi connectivity index (χ0v) is 12.4. The third-order valence-corrected chi connectivity index (χ3v) is 3.83. The van der Waals surface area contributed by atoms with Crippen LogP contribution in [0, 0.1) is 5.92 Å². The van der Waals surface area contributed by atoms with Crippen LogP contribution in [-0.4, -0.2) is 30.3 Å². The average Bonchev–Trinajstić information content (AvgIpc) is 3.06. The quantitative estimate of drug-likeness (QED) is 0.822. The van der Waals surface area contributed by atoms with Crippen molar-refractivity contribution < 1.29 is 4.42 Å². The van der Waals surface area contributed by atoms with E-state index in [9.17, 15) is 0 Å². The Kier molecular flexibility index (Phi) is 5.19. The molecule has 0 saturated heterocycles. The summed E-state index contributed by atoms with van der Waals surface area (Å²) >= 11 is 0. The summed E-state index contributed by atoms with van der Waals surface area (Å²) in [6.45, 7) is 6.20. The van der Waals surface area contributed by atoms with Crippen LogP contribution in [0.2, 0.25) is 0 Å². The molecule has 5 heteroatoms. The van der Waals surface area contributed by atoms with Crippen molar-refractivity contribution in [3.63, 3.8) is 0 Å². The molecule has 1 aliphatic carbocycles. The minimum Gasteiger partial charge on any atom is -0.406 e. The molecule has 1 saturated carbocycles. The van der Waals surface area contributed by atoms with E-state index in [1.165, 1.54) is 25.7 Å². The molecule has 1 fully saturated rings. The van der Waals surface area contributed by atoms with Gasteiger partial charge in [-0.3, -0.25) is 0 Å². The molecule has 0 radical (unpaired) electrons. The second-order valence-corrected chi connectivity index (χ2v) is 5.63.